The highest BCUT2D eigenvalue weighted by atomic mass is 16.3. The number of amides is 1. The van der Waals surface area contributed by atoms with E-state index in [9.17, 15) is 4.79 Å². The molecule has 0 saturated carbocycles. The van der Waals surface area contributed by atoms with Crippen LogP contribution in [0.25, 0.3) is 0 Å². The predicted octanol–water partition coefficient (Wildman–Crippen LogP) is -1.20. The highest BCUT2D eigenvalue weighted by molar-refractivity contribution is 5.48. The SMILES string of the molecule is O=CN1CCNCC1CCO. The third-order valence-corrected chi connectivity index (χ3v) is 1.99. The molecule has 4 heteroatoms. The highest BCUT2D eigenvalue weighted by Gasteiger charge is 2.19. The quantitative estimate of drug-likeness (QED) is 0.507. The van der Waals surface area contributed by atoms with Gasteiger partial charge in [0.1, 0.15) is 0 Å². The molecular formula is C7H14N2O2. The Morgan fingerprint density at radius 2 is 2.55 bits per heavy atom. The maximum atomic E-state index is 10.5. The zero-order valence-electron chi connectivity index (χ0n) is 6.49. The Labute approximate surface area is 66.2 Å². The number of carbonyl (C=O) groups is 1. The molecule has 4 nitrogen and oxygen atoms in total. The van der Waals surface area contributed by atoms with Crippen molar-refractivity contribution in [3.63, 3.8) is 0 Å². The van der Waals surface area contributed by atoms with Crippen LogP contribution in [0.2, 0.25) is 0 Å². The fourth-order valence-electron chi connectivity index (χ4n) is 1.33. The Morgan fingerprint density at radius 3 is 3.18 bits per heavy atom. The fourth-order valence-corrected chi connectivity index (χ4v) is 1.33. The number of nitrogens with one attached hydrogen (secondary N) is 1. The Morgan fingerprint density at radius 1 is 1.73 bits per heavy atom. The van der Waals surface area contributed by atoms with Crippen LogP contribution in [-0.2, 0) is 4.79 Å². The molecule has 1 aliphatic rings. The number of piperazine rings is 1. The molecule has 1 amide bonds. The van der Waals surface area contributed by atoms with Gasteiger partial charge in [-0.05, 0) is 6.42 Å². The van der Waals surface area contributed by atoms with E-state index in [-0.39, 0.29) is 12.6 Å². The van der Waals surface area contributed by atoms with Gasteiger partial charge in [0.15, 0.2) is 0 Å². The van der Waals surface area contributed by atoms with Gasteiger partial charge >= 0.3 is 0 Å². The first-order chi connectivity index (χ1) is 5.38. The first-order valence-corrected chi connectivity index (χ1v) is 3.91. The second kappa shape index (κ2) is 4.31. The smallest absolute Gasteiger partial charge is 0.210 e. The van der Waals surface area contributed by atoms with Gasteiger partial charge in [-0.3, -0.25) is 4.79 Å². The minimum absolute atomic E-state index is 0.149. The molecule has 1 saturated heterocycles. The third kappa shape index (κ3) is 2.17. The van der Waals surface area contributed by atoms with Gasteiger partial charge in [-0.15, -0.1) is 0 Å². The van der Waals surface area contributed by atoms with Crippen molar-refractivity contribution in [1.82, 2.24) is 10.2 Å². The maximum absolute atomic E-state index is 10.5. The van der Waals surface area contributed by atoms with Crippen molar-refractivity contribution in [2.45, 2.75) is 12.5 Å². The second-order valence-electron chi connectivity index (χ2n) is 2.71. The minimum atomic E-state index is 0.149. The maximum Gasteiger partial charge on any atom is 0.210 e. The normalized spacial score (nSPS) is 25.2. The molecule has 1 atom stereocenters. The van der Waals surface area contributed by atoms with E-state index in [1.54, 1.807) is 4.90 Å². The number of hydrogen-bond acceptors (Lipinski definition) is 3. The molecule has 0 bridgehead atoms. The predicted molar refractivity (Wildman–Crippen MR) is 41.1 cm³/mol. The van der Waals surface area contributed by atoms with Crippen molar-refractivity contribution >= 4 is 6.41 Å². The summed E-state index contributed by atoms with van der Waals surface area (Å²) < 4.78 is 0. The van der Waals surface area contributed by atoms with Crippen LogP contribution in [0.4, 0.5) is 0 Å². The number of aliphatic hydroxyl groups is 1. The molecule has 0 spiro atoms. The average molecular weight is 158 g/mol. The van der Waals surface area contributed by atoms with Gasteiger partial charge in [0.25, 0.3) is 0 Å². The number of nitrogens with zero attached hydrogens (tertiary/aromatic N) is 1. The van der Waals surface area contributed by atoms with Gasteiger partial charge in [-0.1, -0.05) is 0 Å². The van der Waals surface area contributed by atoms with Gasteiger partial charge in [-0.2, -0.15) is 0 Å². The summed E-state index contributed by atoms with van der Waals surface area (Å²) in [5, 5.41) is 11.8. The number of hydrogen-bond donors (Lipinski definition) is 2. The molecule has 1 fully saturated rings. The van der Waals surface area contributed by atoms with Crippen molar-refractivity contribution in [2.24, 2.45) is 0 Å². The molecule has 2 N–H and O–H groups in total. The van der Waals surface area contributed by atoms with Crippen LogP contribution in [0.3, 0.4) is 0 Å². The van der Waals surface area contributed by atoms with Gasteiger partial charge in [0, 0.05) is 32.3 Å². The summed E-state index contributed by atoms with van der Waals surface area (Å²) in [6.07, 6.45) is 1.53. The average Bonchev–Trinajstić information content (AvgIpc) is 2.06. The lowest BCUT2D eigenvalue weighted by Crippen LogP contribution is -2.50. The first kappa shape index (κ1) is 8.49. The zero-order valence-corrected chi connectivity index (χ0v) is 6.49. The summed E-state index contributed by atoms with van der Waals surface area (Å²) in [4.78, 5) is 12.2. The van der Waals surface area contributed by atoms with Crippen LogP contribution in [0.1, 0.15) is 6.42 Å². The topological polar surface area (TPSA) is 52.6 Å². The molecule has 0 aromatic rings. The van der Waals surface area contributed by atoms with Crippen molar-refractivity contribution in [1.29, 1.82) is 0 Å². The Bertz CT molecular complexity index is 128. The minimum Gasteiger partial charge on any atom is -0.396 e. The van der Waals surface area contributed by atoms with Crippen molar-refractivity contribution < 1.29 is 9.90 Å². The van der Waals surface area contributed by atoms with Crippen LogP contribution in [0.15, 0.2) is 0 Å². The van der Waals surface area contributed by atoms with E-state index in [0.717, 1.165) is 26.0 Å². The largest absolute Gasteiger partial charge is 0.396 e. The third-order valence-electron chi connectivity index (χ3n) is 1.99. The molecule has 11 heavy (non-hydrogen) atoms. The van der Waals surface area contributed by atoms with E-state index in [2.05, 4.69) is 5.32 Å². The lowest BCUT2D eigenvalue weighted by Gasteiger charge is -2.32. The Balaban J connectivity index is 2.37. The standard InChI is InChI=1S/C7H14N2O2/c10-4-1-7-5-8-2-3-9(7)6-11/h6-8,10H,1-5H2. The van der Waals surface area contributed by atoms with E-state index >= 15 is 0 Å². The summed E-state index contributed by atoms with van der Waals surface area (Å²) in [7, 11) is 0. The van der Waals surface area contributed by atoms with E-state index in [1.165, 1.54) is 0 Å². The van der Waals surface area contributed by atoms with Gasteiger partial charge < -0.3 is 15.3 Å². The van der Waals surface area contributed by atoms with Crippen LogP contribution in [-0.4, -0.2) is 48.7 Å². The van der Waals surface area contributed by atoms with E-state index in [1.807, 2.05) is 0 Å². The fraction of sp³-hybridized carbons (Fsp3) is 0.857. The van der Waals surface area contributed by atoms with Crippen LogP contribution < -0.4 is 5.32 Å². The molecule has 1 unspecified atom stereocenters. The van der Waals surface area contributed by atoms with Crippen molar-refractivity contribution in [2.75, 3.05) is 26.2 Å². The van der Waals surface area contributed by atoms with E-state index in [4.69, 9.17) is 5.11 Å². The monoisotopic (exact) mass is 158 g/mol. The zero-order chi connectivity index (χ0) is 8.10. The molecule has 1 heterocycles. The van der Waals surface area contributed by atoms with Crippen LogP contribution in [0, 0.1) is 0 Å². The van der Waals surface area contributed by atoms with Gasteiger partial charge in [0.2, 0.25) is 6.41 Å². The van der Waals surface area contributed by atoms with Crippen molar-refractivity contribution in [3.8, 4) is 0 Å². The molecular weight excluding hydrogens is 144 g/mol. The number of aliphatic hydroxyl groups excluding tert-OH is 1. The number of carbonyl (C=O) groups excluding carboxylic acids is 1. The van der Waals surface area contributed by atoms with E-state index in [0.29, 0.717) is 6.42 Å². The van der Waals surface area contributed by atoms with E-state index < -0.39 is 0 Å². The lowest BCUT2D eigenvalue weighted by molar-refractivity contribution is -0.121. The summed E-state index contributed by atoms with van der Waals surface area (Å²) >= 11 is 0. The molecule has 0 radical (unpaired) electrons. The second-order valence-corrected chi connectivity index (χ2v) is 2.71. The molecule has 1 rings (SSSR count). The van der Waals surface area contributed by atoms with Gasteiger partial charge in [0.05, 0.1) is 0 Å². The first-order valence-electron chi connectivity index (χ1n) is 3.91. The van der Waals surface area contributed by atoms with Crippen LogP contribution in [0.5, 0.6) is 0 Å². The summed E-state index contributed by atoms with van der Waals surface area (Å²) in [6, 6.07) is 0.186. The van der Waals surface area contributed by atoms with Gasteiger partial charge in [-0.25, -0.2) is 0 Å². The number of rotatable bonds is 3. The Hall–Kier alpha value is -0.610. The summed E-state index contributed by atoms with van der Waals surface area (Å²) in [5.41, 5.74) is 0. The highest BCUT2D eigenvalue weighted by Crippen LogP contribution is 2.03. The lowest BCUT2D eigenvalue weighted by atomic mass is 10.1. The van der Waals surface area contributed by atoms with Crippen molar-refractivity contribution in [3.05, 3.63) is 0 Å². The summed E-state index contributed by atoms with van der Waals surface area (Å²) in [6.45, 7) is 2.57. The Kier molecular flexibility index (Phi) is 3.32. The molecule has 0 aliphatic carbocycles. The molecule has 64 valence electrons. The molecule has 1 aliphatic heterocycles. The summed E-state index contributed by atoms with van der Waals surface area (Å²) in [5.74, 6) is 0. The molecule has 0 aromatic heterocycles. The van der Waals surface area contributed by atoms with Crippen LogP contribution >= 0.6 is 0 Å². The molecule has 0 aromatic carbocycles.